The summed E-state index contributed by atoms with van der Waals surface area (Å²) in [5, 5.41) is 19.8. The van der Waals surface area contributed by atoms with Crippen LogP contribution >= 0.6 is 0 Å². The van der Waals surface area contributed by atoms with Crippen molar-refractivity contribution in [2.24, 2.45) is 0 Å². The number of non-ortho nitro benzene ring substituents is 1. The van der Waals surface area contributed by atoms with Gasteiger partial charge in [0, 0.05) is 18.2 Å². The Morgan fingerprint density at radius 2 is 1.58 bits per heavy atom. The molecule has 0 spiro atoms. The molecule has 0 radical (unpaired) electrons. The molecule has 2 rings (SSSR count). The number of sulfonamides is 1. The van der Waals surface area contributed by atoms with Crippen LogP contribution in [0.3, 0.4) is 0 Å². The fraction of sp³-hybridized carbons (Fsp3) is 0.250. The van der Waals surface area contributed by atoms with E-state index in [0.717, 1.165) is 11.1 Å². The molecule has 0 saturated carbocycles. The minimum atomic E-state index is -3.70. The molecule has 2 aromatic carbocycles. The van der Waals surface area contributed by atoms with Gasteiger partial charge in [-0.05, 0) is 41.8 Å². The summed E-state index contributed by atoms with van der Waals surface area (Å²) in [6, 6.07) is 11.7. The summed E-state index contributed by atoms with van der Waals surface area (Å²) in [4.78, 5) is 10.3. The minimum absolute atomic E-state index is 0.00300. The van der Waals surface area contributed by atoms with E-state index in [1.165, 1.54) is 24.3 Å². The van der Waals surface area contributed by atoms with Crippen molar-refractivity contribution in [3.63, 3.8) is 0 Å². The molecule has 0 aliphatic carbocycles. The van der Waals surface area contributed by atoms with Crippen molar-refractivity contribution < 1.29 is 18.4 Å². The van der Waals surface area contributed by atoms with E-state index in [4.69, 9.17) is 5.11 Å². The summed E-state index contributed by atoms with van der Waals surface area (Å²) < 4.78 is 26.9. The van der Waals surface area contributed by atoms with E-state index in [9.17, 15) is 18.5 Å². The number of benzene rings is 2. The maximum Gasteiger partial charge on any atom is 0.269 e. The van der Waals surface area contributed by atoms with Crippen molar-refractivity contribution in [3.05, 3.63) is 58.6 Å². The lowest BCUT2D eigenvalue weighted by Gasteiger charge is -2.14. The standard InChI is InChI=1S/C16H18N2O5S/c1-2-14(11-19)17-24(22,23)16-9-5-13(6-10-16)12-3-7-15(8-4-12)18(20)21/h3-10,14,17,19H,2,11H2,1H3. The highest BCUT2D eigenvalue weighted by atomic mass is 32.2. The molecule has 0 fully saturated rings. The van der Waals surface area contributed by atoms with Crippen LogP contribution in [0.15, 0.2) is 53.4 Å². The first kappa shape index (κ1) is 18.1. The van der Waals surface area contributed by atoms with E-state index >= 15 is 0 Å². The molecule has 7 nitrogen and oxygen atoms in total. The minimum Gasteiger partial charge on any atom is -0.395 e. The van der Waals surface area contributed by atoms with Crippen molar-refractivity contribution in [1.29, 1.82) is 0 Å². The number of aliphatic hydroxyl groups excluding tert-OH is 1. The van der Waals surface area contributed by atoms with Gasteiger partial charge >= 0.3 is 0 Å². The fourth-order valence-electron chi connectivity index (χ4n) is 2.14. The second-order valence-electron chi connectivity index (χ2n) is 5.24. The van der Waals surface area contributed by atoms with Crippen LogP contribution in [0.5, 0.6) is 0 Å². The number of nitro groups is 1. The third kappa shape index (κ3) is 4.16. The molecule has 24 heavy (non-hydrogen) atoms. The van der Waals surface area contributed by atoms with E-state index in [0.29, 0.717) is 6.42 Å². The Hall–Kier alpha value is -2.29. The van der Waals surface area contributed by atoms with Crippen molar-refractivity contribution in [2.45, 2.75) is 24.3 Å². The average Bonchev–Trinajstić information content (AvgIpc) is 2.60. The first-order valence-corrected chi connectivity index (χ1v) is 8.83. The van der Waals surface area contributed by atoms with Crippen molar-refractivity contribution in [1.82, 2.24) is 4.72 Å². The zero-order valence-electron chi connectivity index (χ0n) is 13.0. The van der Waals surface area contributed by atoms with Gasteiger partial charge in [-0.15, -0.1) is 0 Å². The first-order valence-electron chi connectivity index (χ1n) is 7.35. The van der Waals surface area contributed by atoms with Gasteiger partial charge < -0.3 is 5.11 Å². The van der Waals surface area contributed by atoms with Crippen molar-refractivity contribution in [2.75, 3.05) is 6.61 Å². The molecule has 0 heterocycles. The van der Waals surface area contributed by atoms with Gasteiger partial charge in [-0.3, -0.25) is 10.1 Å². The summed E-state index contributed by atoms with van der Waals surface area (Å²) in [5.74, 6) is 0. The van der Waals surface area contributed by atoms with E-state index in [1.54, 1.807) is 31.2 Å². The van der Waals surface area contributed by atoms with Crippen LogP contribution in [0, 0.1) is 10.1 Å². The highest BCUT2D eigenvalue weighted by molar-refractivity contribution is 7.89. The van der Waals surface area contributed by atoms with Crippen LogP contribution < -0.4 is 4.72 Å². The van der Waals surface area contributed by atoms with Gasteiger partial charge in [-0.25, -0.2) is 13.1 Å². The highest BCUT2D eigenvalue weighted by Crippen LogP contribution is 2.23. The average molecular weight is 350 g/mol. The van der Waals surface area contributed by atoms with Gasteiger partial charge in [-0.2, -0.15) is 0 Å². The molecule has 1 unspecified atom stereocenters. The molecule has 0 aromatic heterocycles. The molecule has 8 heteroatoms. The number of rotatable bonds is 7. The van der Waals surface area contributed by atoms with E-state index in [2.05, 4.69) is 4.72 Å². The van der Waals surface area contributed by atoms with Gasteiger partial charge in [0.1, 0.15) is 0 Å². The molecule has 1 atom stereocenters. The van der Waals surface area contributed by atoms with Gasteiger partial charge in [0.15, 0.2) is 0 Å². The lowest BCUT2D eigenvalue weighted by atomic mass is 10.1. The van der Waals surface area contributed by atoms with Crippen LogP contribution in [0.4, 0.5) is 5.69 Å². The summed E-state index contributed by atoms with van der Waals surface area (Å²) in [6.45, 7) is 1.51. The Bertz CT molecular complexity index is 797. The molecular weight excluding hydrogens is 332 g/mol. The maximum atomic E-state index is 12.2. The molecule has 0 aliphatic heterocycles. The van der Waals surface area contributed by atoms with Gasteiger partial charge in [0.05, 0.1) is 16.4 Å². The lowest BCUT2D eigenvalue weighted by molar-refractivity contribution is -0.384. The first-order chi connectivity index (χ1) is 11.4. The quantitative estimate of drug-likeness (QED) is 0.588. The normalized spacial score (nSPS) is 12.8. The van der Waals surface area contributed by atoms with Crippen molar-refractivity contribution in [3.8, 4) is 11.1 Å². The molecular formula is C16H18N2O5S. The Morgan fingerprint density at radius 3 is 2.00 bits per heavy atom. The predicted octanol–water partition coefficient (Wildman–Crippen LogP) is 2.31. The SMILES string of the molecule is CCC(CO)NS(=O)(=O)c1ccc(-c2ccc([N+](=O)[O-])cc2)cc1. The highest BCUT2D eigenvalue weighted by Gasteiger charge is 2.18. The van der Waals surface area contributed by atoms with Crippen LogP contribution in [0.2, 0.25) is 0 Å². The molecule has 2 aromatic rings. The molecule has 2 N–H and O–H groups in total. The Labute approximate surface area is 140 Å². The zero-order valence-corrected chi connectivity index (χ0v) is 13.9. The van der Waals surface area contributed by atoms with E-state index in [1.807, 2.05) is 0 Å². The Morgan fingerprint density at radius 1 is 1.08 bits per heavy atom. The second kappa shape index (κ2) is 7.52. The smallest absolute Gasteiger partial charge is 0.269 e. The van der Waals surface area contributed by atoms with Crippen LogP contribution in [0.1, 0.15) is 13.3 Å². The number of nitro benzene ring substituents is 1. The predicted molar refractivity (Wildman–Crippen MR) is 90.0 cm³/mol. The zero-order chi connectivity index (χ0) is 17.7. The number of nitrogens with zero attached hydrogens (tertiary/aromatic N) is 1. The largest absolute Gasteiger partial charge is 0.395 e. The maximum absolute atomic E-state index is 12.2. The summed E-state index contributed by atoms with van der Waals surface area (Å²) in [5.41, 5.74) is 1.49. The molecule has 0 aliphatic rings. The van der Waals surface area contributed by atoms with Crippen LogP contribution in [0.25, 0.3) is 11.1 Å². The number of aliphatic hydroxyl groups is 1. The fourth-order valence-corrected chi connectivity index (χ4v) is 3.45. The second-order valence-corrected chi connectivity index (χ2v) is 6.95. The summed E-state index contributed by atoms with van der Waals surface area (Å²) >= 11 is 0. The van der Waals surface area contributed by atoms with Gasteiger partial charge in [0.2, 0.25) is 10.0 Å². The van der Waals surface area contributed by atoms with Crippen LogP contribution in [-0.4, -0.2) is 31.1 Å². The Kier molecular flexibility index (Phi) is 5.66. The third-order valence-electron chi connectivity index (χ3n) is 3.61. The topological polar surface area (TPSA) is 110 Å². The van der Waals surface area contributed by atoms with Gasteiger partial charge in [-0.1, -0.05) is 19.1 Å². The number of hydrogen-bond donors (Lipinski definition) is 2. The molecule has 0 bridgehead atoms. The van der Waals surface area contributed by atoms with Crippen molar-refractivity contribution >= 4 is 15.7 Å². The number of nitrogens with one attached hydrogen (secondary N) is 1. The summed E-state index contributed by atoms with van der Waals surface area (Å²) in [6.07, 6.45) is 0.483. The van der Waals surface area contributed by atoms with Gasteiger partial charge in [0.25, 0.3) is 5.69 Å². The van der Waals surface area contributed by atoms with E-state index in [-0.39, 0.29) is 17.2 Å². The lowest BCUT2D eigenvalue weighted by Crippen LogP contribution is -2.36. The van der Waals surface area contributed by atoms with E-state index < -0.39 is 21.0 Å². The Balaban J connectivity index is 2.22. The molecule has 0 saturated heterocycles. The molecule has 128 valence electrons. The monoisotopic (exact) mass is 350 g/mol. The third-order valence-corrected chi connectivity index (χ3v) is 5.15. The molecule has 0 amide bonds. The van der Waals surface area contributed by atoms with Crippen LogP contribution in [-0.2, 0) is 10.0 Å². The number of hydrogen-bond acceptors (Lipinski definition) is 5. The summed E-state index contributed by atoms with van der Waals surface area (Å²) in [7, 11) is -3.70.